The van der Waals surface area contributed by atoms with Crippen LogP contribution in [0, 0.1) is 13.8 Å². The van der Waals surface area contributed by atoms with Crippen molar-refractivity contribution in [3.8, 4) is 5.75 Å². The fourth-order valence-electron chi connectivity index (χ4n) is 3.93. The molecule has 1 N–H and O–H groups in total. The average molecular weight is 462 g/mol. The predicted octanol–water partition coefficient (Wildman–Crippen LogP) is 5.81. The van der Waals surface area contributed by atoms with Gasteiger partial charge in [-0.3, -0.25) is 4.79 Å². The van der Waals surface area contributed by atoms with Crippen molar-refractivity contribution in [1.29, 1.82) is 0 Å². The molecule has 4 aromatic rings. The average Bonchev–Trinajstić information content (AvgIpc) is 3.17. The molecule has 1 aromatic heterocycles. The lowest BCUT2D eigenvalue weighted by Gasteiger charge is -2.17. The van der Waals surface area contributed by atoms with Gasteiger partial charge in [0.15, 0.2) is 0 Å². The smallest absolute Gasteiger partial charge is 0.224 e. The van der Waals surface area contributed by atoms with Gasteiger partial charge in [-0.1, -0.05) is 48.0 Å². The summed E-state index contributed by atoms with van der Waals surface area (Å²) in [5.41, 5.74) is 5.20. The van der Waals surface area contributed by atoms with Crippen LogP contribution in [0.2, 0.25) is 5.02 Å². The molecule has 1 heterocycles. The minimum Gasteiger partial charge on any atom is -0.491 e. The molecule has 0 aliphatic heterocycles. The van der Waals surface area contributed by atoms with Crippen LogP contribution in [0.3, 0.4) is 0 Å². The summed E-state index contributed by atoms with van der Waals surface area (Å²) < 4.78 is 8.23. The summed E-state index contributed by atoms with van der Waals surface area (Å²) in [5.74, 6) is 1.64. The number of halogens is 1. The molecule has 0 fully saturated rings. The molecule has 0 spiro atoms. The number of nitrogens with one attached hydrogen (secondary N) is 1. The number of hydrogen-bond donors (Lipinski definition) is 1. The molecule has 1 atom stereocenters. The van der Waals surface area contributed by atoms with E-state index in [4.69, 9.17) is 21.3 Å². The maximum Gasteiger partial charge on any atom is 0.224 e. The number of carbonyl (C=O) groups excluding carboxylic acids is 1. The van der Waals surface area contributed by atoms with Gasteiger partial charge < -0.3 is 14.6 Å². The molecule has 0 bridgehead atoms. The number of benzene rings is 3. The Balaban J connectivity index is 1.49. The number of aromatic nitrogens is 2. The number of imidazole rings is 1. The fourth-order valence-corrected chi connectivity index (χ4v) is 4.06. The first kappa shape index (κ1) is 22.9. The van der Waals surface area contributed by atoms with Gasteiger partial charge in [0.05, 0.1) is 30.0 Å². The molecule has 0 aliphatic rings. The van der Waals surface area contributed by atoms with E-state index in [1.165, 1.54) is 5.56 Å². The minimum atomic E-state index is -0.252. The van der Waals surface area contributed by atoms with Gasteiger partial charge in [0.2, 0.25) is 5.91 Å². The van der Waals surface area contributed by atoms with E-state index in [9.17, 15) is 4.79 Å². The van der Waals surface area contributed by atoms with Crippen LogP contribution in [0.1, 0.15) is 35.5 Å². The van der Waals surface area contributed by atoms with Crippen LogP contribution < -0.4 is 10.1 Å². The SMILES string of the molecule is Cc1cccc(OCCn2c(C(C)NC(=O)Cc3ccc(Cl)cc3)nc3ccccc32)c1C. The molecular formula is C27H28ClN3O2. The lowest BCUT2D eigenvalue weighted by molar-refractivity contribution is -0.121. The zero-order valence-corrected chi connectivity index (χ0v) is 19.9. The summed E-state index contributed by atoms with van der Waals surface area (Å²) in [6.45, 7) is 7.24. The van der Waals surface area contributed by atoms with E-state index in [-0.39, 0.29) is 18.4 Å². The fraction of sp³-hybridized carbons (Fsp3) is 0.259. The maximum atomic E-state index is 12.7. The number of carbonyl (C=O) groups is 1. The molecule has 0 saturated carbocycles. The summed E-state index contributed by atoms with van der Waals surface area (Å²) in [6.07, 6.45) is 0.289. The lowest BCUT2D eigenvalue weighted by atomic mass is 10.1. The monoisotopic (exact) mass is 461 g/mol. The van der Waals surface area contributed by atoms with Gasteiger partial charge in [-0.05, 0) is 67.8 Å². The zero-order chi connectivity index (χ0) is 23.4. The van der Waals surface area contributed by atoms with Crippen LogP contribution in [0.5, 0.6) is 5.75 Å². The van der Waals surface area contributed by atoms with Gasteiger partial charge in [-0.15, -0.1) is 0 Å². The van der Waals surface area contributed by atoms with Crippen LogP contribution in [-0.2, 0) is 17.8 Å². The van der Waals surface area contributed by atoms with Crippen molar-refractivity contribution in [1.82, 2.24) is 14.9 Å². The summed E-state index contributed by atoms with van der Waals surface area (Å²) in [6, 6.07) is 21.2. The van der Waals surface area contributed by atoms with Gasteiger partial charge in [0.25, 0.3) is 0 Å². The number of para-hydroxylation sites is 2. The van der Waals surface area contributed by atoms with Crippen molar-refractivity contribution >= 4 is 28.5 Å². The largest absolute Gasteiger partial charge is 0.491 e. The van der Waals surface area contributed by atoms with Crippen LogP contribution in [0.4, 0.5) is 0 Å². The Labute approximate surface area is 199 Å². The molecule has 3 aromatic carbocycles. The molecule has 0 radical (unpaired) electrons. The van der Waals surface area contributed by atoms with E-state index in [1.54, 1.807) is 12.1 Å². The summed E-state index contributed by atoms with van der Waals surface area (Å²) in [5, 5.41) is 3.75. The Bertz CT molecular complexity index is 1260. The second-order valence-corrected chi connectivity index (χ2v) is 8.69. The highest BCUT2D eigenvalue weighted by molar-refractivity contribution is 6.30. The lowest BCUT2D eigenvalue weighted by Crippen LogP contribution is -2.30. The number of ether oxygens (including phenoxy) is 1. The number of fused-ring (bicyclic) bond motifs is 1. The first-order chi connectivity index (χ1) is 15.9. The third kappa shape index (κ3) is 5.37. The minimum absolute atomic E-state index is 0.0601. The second-order valence-electron chi connectivity index (χ2n) is 8.25. The van der Waals surface area contributed by atoms with Crippen LogP contribution >= 0.6 is 11.6 Å². The molecule has 33 heavy (non-hydrogen) atoms. The van der Waals surface area contributed by atoms with Crippen molar-refractivity contribution < 1.29 is 9.53 Å². The van der Waals surface area contributed by atoms with Crippen molar-refractivity contribution in [3.05, 3.63) is 94.3 Å². The van der Waals surface area contributed by atoms with Crippen molar-refractivity contribution in [2.75, 3.05) is 6.61 Å². The molecule has 0 aliphatic carbocycles. The topological polar surface area (TPSA) is 56.1 Å². The highest BCUT2D eigenvalue weighted by atomic mass is 35.5. The van der Waals surface area contributed by atoms with E-state index >= 15 is 0 Å². The van der Waals surface area contributed by atoms with E-state index in [2.05, 4.69) is 29.8 Å². The molecule has 170 valence electrons. The second kappa shape index (κ2) is 10.1. The van der Waals surface area contributed by atoms with E-state index < -0.39 is 0 Å². The summed E-state index contributed by atoms with van der Waals surface area (Å²) in [7, 11) is 0. The Morgan fingerprint density at radius 3 is 2.61 bits per heavy atom. The van der Waals surface area contributed by atoms with Gasteiger partial charge in [-0.2, -0.15) is 0 Å². The predicted molar refractivity (Wildman–Crippen MR) is 133 cm³/mol. The third-order valence-corrected chi connectivity index (χ3v) is 6.11. The van der Waals surface area contributed by atoms with Crippen LogP contribution in [-0.4, -0.2) is 22.1 Å². The van der Waals surface area contributed by atoms with Crippen molar-refractivity contribution in [2.24, 2.45) is 0 Å². The number of aryl methyl sites for hydroxylation is 1. The molecule has 6 heteroatoms. The molecule has 4 rings (SSSR count). The van der Waals surface area contributed by atoms with Crippen LogP contribution in [0.25, 0.3) is 11.0 Å². The highest BCUT2D eigenvalue weighted by Crippen LogP contribution is 2.23. The van der Waals surface area contributed by atoms with Gasteiger partial charge in [0, 0.05) is 5.02 Å². The first-order valence-electron chi connectivity index (χ1n) is 11.1. The maximum absolute atomic E-state index is 12.7. The van der Waals surface area contributed by atoms with E-state index in [0.717, 1.165) is 33.7 Å². The molecular weight excluding hydrogens is 434 g/mol. The first-order valence-corrected chi connectivity index (χ1v) is 11.5. The molecule has 0 saturated heterocycles. The van der Waals surface area contributed by atoms with E-state index in [1.807, 2.05) is 55.5 Å². The van der Waals surface area contributed by atoms with Crippen molar-refractivity contribution in [2.45, 2.75) is 39.8 Å². The van der Waals surface area contributed by atoms with Crippen molar-refractivity contribution in [3.63, 3.8) is 0 Å². The molecule has 1 amide bonds. The highest BCUT2D eigenvalue weighted by Gasteiger charge is 2.19. The molecule has 1 unspecified atom stereocenters. The Morgan fingerprint density at radius 1 is 1.06 bits per heavy atom. The van der Waals surface area contributed by atoms with Gasteiger partial charge >= 0.3 is 0 Å². The third-order valence-electron chi connectivity index (χ3n) is 5.85. The Hall–Kier alpha value is -3.31. The normalized spacial score (nSPS) is 12.0. The number of nitrogens with zero attached hydrogens (tertiary/aromatic N) is 2. The number of rotatable bonds is 8. The Kier molecular flexibility index (Phi) is 6.99. The standard InChI is InChI=1S/C27H28ClN3O2/c1-18-7-6-10-25(19(18)2)33-16-15-31-24-9-5-4-8-23(24)30-27(31)20(3)29-26(32)17-21-11-13-22(28)14-12-21/h4-14,20H,15-17H2,1-3H3,(H,29,32). The van der Waals surface area contributed by atoms with Crippen LogP contribution in [0.15, 0.2) is 66.7 Å². The van der Waals surface area contributed by atoms with Gasteiger partial charge in [0.1, 0.15) is 18.2 Å². The number of hydrogen-bond acceptors (Lipinski definition) is 3. The number of amides is 1. The zero-order valence-electron chi connectivity index (χ0n) is 19.1. The van der Waals surface area contributed by atoms with Gasteiger partial charge in [-0.25, -0.2) is 4.98 Å². The Morgan fingerprint density at radius 2 is 1.82 bits per heavy atom. The van der Waals surface area contributed by atoms with E-state index in [0.29, 0.717) is 18.2 Å². The summed E-state index contributed by atoms with van der Waals surface area (Å²) in [4.78, 5) is 17.5. The molecule has 5 nitrogen and oxygen atoms in total. The quantitative estimate of drug-likeness (QED) is 0.360. The summed E-state index contributed by atoms with van der Waals surface area (Å²) >= 11 is 5.94.